The summed E-state index contributed by atoms with van der Waals surface area (Å²) < 4.78 is 33.4. The number of Topliss-reactive ketones (excluding diaryl/α,β-unsaturated/α-hetero) is 1. The van der Waals surface area contributed by atoms with Gasteiger partial charge in [-0.25, -0.2) is 0 Å². The van der Waals surface area contributed by atoms with Crippen LogP contribution in [0.2, 0.25) is 0 Å². The molecule has 0 atom stereocenters. The Kier molecular flexibility index (Phi) is 3.72. The Bertz CT molecular complexity index is 521. The summed E-state index contributed by atoms with van der Waals surface area (Å²) >= 11 is 0. The quantitative estimate of drug-likeness (QED) is 0.766. The van der Waals surface area contributed by atoms with Gasteiger partial charge in [0.2, 0.25) is 0 Å². The van der Waals surface area contributed by atoms with Crippen molar-refractivity contribution >= 4 is 5.78 Å². The zero-order valence-corrected chi connectivity index (χ0v) is 9.31. The number of alkyl halides is 2. The van der Waals surface area contributed by atoms with Crippen LogP contribution < -0.4 is 4.74 Å². The summed E-state index contributed by atoms with van der Waals surface area (Å²) in [6.07, 6.45) is 1.56. The molecule has 94 valence electrons. The third-order valence-electron chi connectivity index (χ3n) is 2.30. The highest BCUT2D eigenvalue weighted by Gasteiger charge is 2.11. The van der Waals surface area contributed by atoms with Crippen LogP contribution >= 0.6 is 0 Å². The first-order valence-corrected chi connectivity index (χ1v) is 5.25. The summed E-state index contributed by atoms with van der Waals surface area (Å²) in [4.78, 5) is 11.8. The average Bonchev–Trinajstić information content (AvgIpc) is 2.81. The Morgan fingerprint density at radius 2 is 2.11 bits per heavy atom. The number of ether oxygens (including phenoxy) is 1. The molecule has 1 heterocycles. The smallest absolute Gasteiger partial charge is 0.387 e. The Labute approximate surface area is 102 Å². The summed E-state index contributed by atoms with van der Waals surface area (Å²) in [6, 6.07) is 9.06. The number of carbonyl (C=O) groups excluding carboxylic acids is 1. The van der Waals surface area contributed by atoms with Crippen LogP contribution in [0.25, 0.3) is 0 Å². The molecule has 0 unspecified atom stereocenters. The van der Waals surface area contributed by atoms with Gasteiger partial charge in [0.05, 0.1) is 12.7 Å². The van der Waals surface area contributed by atoms with Gasteiger partial charge < -0.3 is 9.15 Å². The van der Waals surface area contributed by atoms with Gasteiger partial charge in [-0.15, -0.1) is 0 Å². The maximum atomic E-state index is 12.0. The van der Waals surface area contributed by atoms with E-state index in [-0.39, 0.29) is 18.0 Å². The van der Waals surface area contributed by atoms with Gasteiger partial charge in [0.15, 0.2) is 5.78 Å². The molecule has 5 heteroatoms. The first-order valence-electron chi connectivity index (χ1n) is 5.25. The second-order valence-corrected chi connectivity index (χ2v) is 3.59. The SMILES string of the molecule is O=C(Cc1ccco1)c1cccc(OC(F)F)c1. The van der Waals surface area contributed by atoms with Gasteiger partial charge >= 0.3 is 6.61 Å². The summed E-state index contributed by atoms with van der Waals surface area (Å²) in [5.74, 6) is 0.278. The zero-order valence-electron chi connectivity index (χ0n) is 9.31. The lowest BCUT2D eigenvalue weighted by Crippen LogP contribution is -2.05. The van der Waals surface area contributed by atoms with Crippen LogP contribution in [0.3, 0.4) is 0 Å². The minimum Gasteiger partial charge on any atom is -0.469 e. The molecule has 1 aromatic carbocycles. The van der Waals surface area contributed by atoms with Gasteiger partial charge in [0.25, 0.3) is 0 Å². The molecule has 2 aromatic rings. The van der Waals surface area contributed by atoms with Gasteiger partial charge in [-0.1, -0.05) is 12.1 Å². The van der Waals surface area contributed by atoms with Crippen LogP contribution in [-0.2, 0) is 6.42 Å². The van der Waals surface area contributed by atoms with E-state index in [4.69, 9.17) is 4.42 Å². The van der Waals surface area contributed by atoms with Crippen LogP contribution in [0.15, 0.2) is 47.1 Å². The van der Waals surface area contributed by atoms with Crippen molar-refractivity contribution in [2.45, 2.75) is 13.0 Å². The monoisotopic (exact) mass is 252 g/mol. The van der Waals surface area contributed by atoms with Crippen LogP contribution in [0.4, 0.5) is 8.78 Å². The lowest BCUT2D eigenvalue weighted by Gasteiger charge is -2.05. The molecule has 3 nitrogen and oxygen atoms in total. The second kappa shape index (κ2) is 5.44. The van der Waals surface area contributed by atoms with E-state index in [1.807, 2.05) is 0 Å². The number of ketones is 1. The molecule has 2 rings (SSSR count). The Morgan fingerprint density at radius 1 is 1.28 bits per heavy atom. The van der Waals surface area contributed by atoms with Crippen molar-refractivity contribution in [3.63, 3.8) is 0 Å². The molecule has 0 saturated carbocycles. The molecule has 0 aliphatic heterocycles. The number of hydrogen-bond donors (Lipinski definition) is 0. The Morgan fingerprint density at radius 3 is 2.78 bits per heavy atom. The first kappa shape index (κ1) is 12.3. The predicted octanol–water partition coefficient (Wildman–Crippen LogP) is 3.31. The fraction of sp³-hybridized carbons (Fsp3) is 0.154. The number of halogens is 2. The summed E-state index contributed by atoms with van der Waals surface area (Å²) in [5.41, 5.74) is 0.310. The van der Waals surface area contributed by atoms with E-state index < -0.39 is 6.61 Å². The third kappa shape index (κ3) is 3.16. The van der Waals surface area contributed by atoms with Crippen LogP contribution in [0.5, 0.6) is 5.75 Å². The van der Waals surface area contributed by atoms with E-state index in [0.717, 1.165) is 0 Å². The molecular weight excluding hydrogens is 242 g/mol. The second-order valence-electron chi connectivity index (χ2n) is 3.59. The molecule has 0 saturated heterocycles. The largest absolute Gasteiger partial charge is 0.469 e. The van der Waals surface area contributed by atoms with Crippen molar-refractivity contribution in [2.75, 3.05) is 0 Å². The van der Waals surface area contributed by atoms with Gasteiger partial charge in [0, 0.05) is 5.56 Å². The standard InChI is InChI=1S/C13H10F2O3/c14-13(15)18-11-4-1-3-9(7-11)12(16)8-10-5-2-6-17-10/h1-7,13H,8H2. The number of benzene rings is 1. The maximum Gasteiger partial charge on any atom is 0.387 e. The highest BCUT2D eigenvalue weighted by molar-refractivity contribution is 5.97. The fourth-order valence-corrected chi connectivity index (χ4v) is 1.52. The Balaban J connectivity index is 2.10. The van der Waals surface area contributed by atoms with Gasteiger partial charge in [-0.05, 0) is 24.3 Å². The third-order valence-corrected chi connectivity index (χ3v) is 2.30. The maximum absolute atomic E-state index is 12.0. The van der Waals surface area contributed by atoms with Gasteiger partial charge in [0.1, 0.15) is 11.5 Å². The number of rotatable bonds is 5. The van der Waals surface area contributed by atoms with Gasteiger partial charge in [-0.2, -0.15) is 8.78 Å². The average molecular weight is 252 g/mol. The molecule has 18 heavy (non-hydrogen) atoms. The number of furan rings is 1. The van der Waals surface area contributed by atoms with Crippen molar-refractivity contribution in [1.29, 1.82) is 0 Å². The van der Waals surface area contributed by atoms with Crippen molar-refractivity contribution in [2.24, 2.45) is 0 Å². The zero-order chi connectivity index (χ0) is 13.0. The van der Waals surface area contributed by atoms with Crippen molar-refractivity contribution < 1.29 is 22.7 Å². The van der Waals surface area contributed by atoms with E-state index in [9.17, 15) is 13.6 Å². The lowest BCUT2D eigenvalue weighted by molar-refractivity contribution is -0.0498. The molecular formula is C13H10F2O3. The topological polar surface area (TPSA) is 39.4 Å². The molecule has 0 fully saturated rings. The highest BCUT2D eigenvalue weighted by Crippen LogP contribution is 2.17. The molecule has 1 aromatic heterocycles. The molecule has 0 amide bonds. The minimum atomic E-state index is -2.90. The molecule has 0 radical (unpaired) electrons. The molecule has 0 N–H and O–H groups in total. The minimum absolute atomic E-state index is 0.0321. The first-order chi connectivity index (χ1) is 8.65. The highest BCUT2D eigenvalue weighted by atomic mass is 19.3. The fourth-order valence-electron chi connectivity index (χ4n) is 1.52. The number of hydrogen-bond acceptors (Lipinski definition) is 3. The lowest BCUT2D eigenvalue weighted by atomic mass is 10.1. The summed E-state index contributed by atoms with van der Waals surface area (Å²) in [7, 11) is 0. The predicted molar refractivity (Wildman–Crippen MR) is 59.8 cm³/mol. The van der Waals surface area contributed by atoms with E-state index in [0.29, 0.717) is 11.3 Å². The molecule has 0 aliphatic rings. The van der Waals surface area contributed by atoms with Crippen molar-refractivity contribution in [3.8, 4) is 5.75 Å². The van der Waals surface area contributed by atoms with E-state index >= 15 is 0 Å². The molecule has 0 spiro atoms. The summed E-state index contributed by atoms with van der Waals surface area (Å²) in [6.45, 7) is -2.90. The van der Waals surface area contributed by atoms with Crippen LogP contribution in [0, 0.1) is 0 Å². The van der Waals surface area contributed by atoms with Crippen molar-refractivity contribution in [1.82, 2.24) is 0 Å². The normalized spacial score (nSPS) is 10.6. The molecule has 0 bridgehead atoms. The molecule has 0 aliphatic carbocycles. The van der Waals surface area contributed by atoms with E-state index in [2.05, 4.69) is 4.74 Å². The van der Waals surface area contributed by atoms with Crippen molar-refractivity contribution in [3.05, 3.63) is 54.0 Å². The van der Waals surface area contributed by atoms with Gasteiger partial charge in [-0.3, -0.25) is 4.79 Å². The van der Waals surface area contributed by atoms with E-state index in [1.54, 1.807) is 18.2 Å². The van der Waals surface area contributed by atoms with Crippen LogP contribution in [-0.4, -0.2) is 12.4 Å². The van der Waals surface area contributed by atoms with E-state index in [1.165, 1.54) is 24.5 Å². The summed E-state index contributed by atoms with van der Waals surface area (Å²) in [5, 5.41) is 0. The Hall–Kier alpha value is -2.17. The number of carbonyl (C=O) groups is 1. The van der Waals surface area contributed by atoms with Crippen LogP contribution in [0.1, 0.15) is 16.1 Å².